The van der Waals surface area contributed by atoms with Crippen molar-refractivity contribution < 1.29 is 14.6 Å². The van der Waals surface area contributed by atoms with Crippen LogP contribution in [-0.2, 0) is 0 Å². The summed E-state index contributed by atoms with van der Waals surface area (Å²) in [7, 11) is 0. The van der Waals surface area contributed by atoms with Gasteiger partial charge in [-0.2, -0.15) is 9.97 Å². The largest absolute Gasteiger partial charge is 0.395 e. The van der Waals surface area contributed by atoms with E-state index in [0.29, 0.717) is 11.2 Å². The minimum Gasteiger partial charge on any atom is -0.395 e. The van der Waals surface area contributed by atoms with E-state index in [2.05, 4.69) is 15.0 Å². The van der Waals surface area contributed by atoms with Crippen LogP contribution < -0.4 is 5.73 Å². The third-order valence-corrected chi connectivity index (χ3v) is 4.88. The van der Waals surface area contributed by atoms with Crippen molar-refractivity contribution >= 4 is 40.3 Å². The summed E-state index contributed by atoms with van der Waals surface area (Å²) in [5.74, 6) is 0.108. The van der Waals surface area contributed by atoms with Crippen LogP contribution in [-0.4, -0.2) is 53.9 Å². The number of nitrogen functional groups attached to an aromatic ring is 1. The standard InChI is InChI=1S/C10H11ClFN5O2S/c11-10-15-7(13)5-8(16-10)17(2-14-5)9-4(12)6(19)3(1-18)20-9/h2-4,6,9,18-19H,1H2,(H2,13,15,16)/t3-,4+,6-,9-/m1/s1. The SMILES string of the molecule is Nc1nc(Cl)nc2c1ncn2[C@@H]1S[C@H](CO)[C@@H](O)[C@@H]1F. The highest BCUT2D eigenvalue weighted by Gasteiger charge is 2.45. The molecule has 4 atom stereocenters. The average molecular weight is 320 g/mol. The molecule has 0 unspecified atom stereocenters. The molecular weight excluding hydrogens is 309 g/mol. The van der Waals surface area contributed by atoms with E-state index in [1.54, 1.807) is 0 Å². The van der Waals surface area contributed by atoms with Crippen LogP contribution in [0.15, 0.2) is 6.33 Å². The molecule has 108 valence electrons. The molecule has 3 heterocycles. The molecule has 7 nitrogen and oxygen atoms in total. The molecule has 0 saturated carbocycles. The highest BCUT2D eigenvalue weighted by Crippen LogP contribution is 2.44. The van der Waals surface area contributed by atoms with E-state index >= 15 is 0 Å². The Morgan fingerprint density at radius 2 is 2.25 bits per heavy atom. The Balaban J connectivity index is 2.07. The molecule has 2 aromatic heterocycles. The maximum Gasteiger partial charge on any atom is 0.226 e. The topological polar surface area (TPSA) is 110 Å². The van der Waals surface area contributed by atoms with Gasteiger partial charge in [-0.05, 0) is 11.6 Å². The second-order valence-corrected chi connectivity index (χ2v) is 6.08. The number of alkyl halides is 1. The molecule has 0 aromatic carbocycles. The van der Waals surface area contributed by atoms with Gasteiger partial charge >= 0.3 is 0 Å². The van der Waals surface area contributed by atoms with Crippen molar-refractivity contribution in [1.82, 2.24) is 19.5 Å². The van der Waals surface area contributed by atoms with Gasteiger partial charge in [0.05, 0.1) is 18.2 Å². The van der Waals surface area contributed by atoms with Crippen LogP contribution in [0.4, 0.5) is 10.2 Å². The van der Waals surface area contributed by atoms with Gasteiger partial charge in [-0.25, -0.2) is 9.37 Å². The monoisotopic (exact) mass is 319 g/mol. The Hall–Kier alpha value is -1.16. The maximum absolute atomic E-state index is 14.2. The Kier molecular flexibility index (Phi) is 3.44. The summed E-state index contributed by atoms with van der Waals surface area (Å²) < 4.78 is 15.6. The number of nitrogens with two attached hydrogens (primary N) is 1. The van der Waals surface area contributed by atoms with Gasteiger partial charge in [-0.1, -0.05) is 0 Å². The van der Waals surface area contributed by atoms with Gasteiger partial charge in [0.2, 0.25) is 5.28 Å². The number of aliphatic hydroxyl groups is 2. The predicted molar refractivity (Wildman–Crippen MR) is 73.1 cm³/mol. The smallest absolute Gasteiger partial charge is 0.226 e. The van der Waals surface area contributed by atoms with Gasteiger partial charge in [0, 0.05) is 0 Å². The number of anilines is 1. The number of thioether (sulfide) groups is 1. The van der Waals surface area contributed by atoms with E-state index in [1.165, 1.54) is 10.9 Å². The van der Waals surface area contributed by atoms with Crippen LogP contribution in [0.2, 0.25) is 5.28 Å². The van der Waals surface area contributed by atoms with Crippen molar-refractivity contribution in [3.8, 4) is 0 Å². The van der Waals surface area contributed by atoms with Gasteiger partial charge in [0.15, 0.2) is 17.6 Å². The molecule has 1 saturated heterocycles. The van der Waals surface area contributed by atoms with Crippen LogP contribution in [0.3, 0.4) is 0 Å². The first kappa shape index (κ1) is 13.8. The lowest BCUT2D eigenvalue weighted by molar-refractivity contribution is 0.0642. The fourth-order valence-electron chi connectivity index (χ4n) is 2.18. The average Bonchev–Trinajstić information content (AvgIpc) is 2.93. The van der Waals surface area contributed by atoms with Crippen molar-refractivity contribution in [2.75, 3.05) is 12.3 Å². The van der Waals surface area contributed by atoms with E-state index in [4.69, 9.17) is 22.4 Å². The number of fused-ring (bicyclic) bond motifs is 1. The Labute approximate surface area is 122 Å². The molecule has 1 aliphatic heterocycles. The quantitative estimate of drug-likeness (QED) is 0.686. The van der Waals surface area contributed by atoms with Gasteiger partial charge in [0.25, 0.3) is 0 Å². The Morgan fingerprint density at radius 3 is 2.90 bits per heavy atom. The van der Waals surface area contributed by atoms with E-state index in [-0.39, 0.29) is 17.7 Å². The third kappa shape index (κ3) is 2.01. The summed E-state index contributed by atoms with van der Waals surface area (Å²) in [6.07, 6.45) is -1.42. The normalized spacial score (nSPS) is 30.2. The predicted octanol–water partition coefficient (Wildman–Crippen LogP) is 0.367. The lowest BCUT2D eigenvalue weighted by Crippen LogP contribution is -2.29. The van der Waals surface area contributed by atoms with Crippen LogP contribution in [0.25, 0.3) is 11.2 Å². The first-order valence-electron chi connectivity index (χ1n) is 5.77. The van der Waals surface area contributed by atoms with Gasteiger partial charge in [-0.3, -0.25) is 4.57 Å². The molecule has 3 rings (SSSR count). The van der Waals surface area contributed by atoms with E-state index in [0.717, 1.165) is 11.8 Å². The first-order chi connectivity index (χ1) is 9.52. The third-order valence-electron chi connectivity index (χ3n) is 3.17. The highest BCUT2D eigenvalue weighted by atomic mass is 35.5. The van der Waals surface area contributed by atoms with Crippen molar-refractivity contribution in [2.45, 2.75) is 22.9 Å². The number of imidazole rings is 1. The lowest BCUT2D eigenvalue weighted by atomic mass is 10.1. The summed E-state index contributed by atoms with van der Waals surface area (Å²) in [5, 5.41) is 17.5. The molecule has 20 heavy (non-hydrogen) atoms. The van der Waals surface area contributed by atoms with Gasteiger partial charge in [-0.15, -0.1) is 11.8 Å². The second kappa shape index (κ2) is 4.99. The van der Waals surface area contributed by atoms with Gasteiger partial charge < -0.3 is 15.9 Å². The molecule has 0 spiro atoms. The molecule has 1 aliphatic rings. The van der Waals surface area contributed by atoms with Crippen LogP contribution >= 0.6 is 23.4 Å². The zero-order chi connectivity index (χ0) is 14.4. The molecule has 0 radical (unpaired) electrons. The lowest BCUT2D eigenvalue weighted by Gasteiger charge is -2.15. The minimum atomic E-state index is -1.55. The van der Waals surface area contributed by atoms with Gasteiger partial charge in [0.1, 0.15) is 17.0 Å². The van der Waals surface area contributed by atoms with Crippen LogP contribution in [0.1, 0.15) is 5.37 Å². The molecule has 0 bridgehead atoms. The zero-order valence-electron chi connectivity index (χ0n) is 10.0. The number of halogens is 2. The van der Waals surface area contributed by atoms with Crippen LogP contribution in [0.5, 0.6) is 0 Å². The van der Waals surface area contributed by atoms with Crippen molar-refractivity contribution in [2.24, 2.45) is 0 Å². The molecular formula is C10H11ClFN5O2S. The number of hydrogen-bond donors (Lipinski definition) is 3. The van der Waals surface area contributed by atoms with Crippen molar-refractivity contribution in [3.63, 3.8) is 0 Å². The number of hydrogen-bond acceptors (Lipinski definition) is 7. The minimum absolute atomic E-state index is 0.0607. The number of nitrogens with zero attached hydrogens (tertiary/aromatic N) is 4. The summed E-state index contributed by atoms with van der Waals surface area (Å²) >= 11 is 6.86. The zero-order valence-corrected chi connectivity index (χ0v) is 11.6. The maximum atomic E-state index is 14.2. The Morgan fingerprint density at radius 1 is 1.50 bits per heavy atom. The van der Waals surface area contributed by atoms with E-state index in [9.17, 15) is 9.50 Å². The summed E-state index contributed by atoms with van der Waals surface area (Å²) in [5.41, 5.74) is 6.31. The molecule has 4 N–H and O–H groups in total. The number of aromatic nitrogens is 4. The van der Waals surface area contributed by atoms with Crippen LogP contribution in [0, 0.1) is 0 Å². The van der Waals surface area contributed by atoms with Crippen molar-refractivity contribution in [1.29, 1.82) is 0 Å². The molecule has 2 aromatic rings. The fourth-order valence-corrected chi connectivity index (χ4v) is 3.70. The van der Waals surface area contributed by atoms with E-state index < -0.39 is 22.9 Å². The van der Waals surface area contributed by atoms with Crippen molar-refractivity contribution in [3.05, 3.63) is 11.6 Å². The number of aliphatic hydroxyl groups excluding tert-OH is 2. The first-order valence-corrected chi connectivity index (χ1v) is 7.09. The molecule has 0 amide bonds. The summed E-state index contributed by atoms with van der Waals surface area (Å²) in [4.78, 5) is 11.8. The molecule has 0 aliphatic carbocycles. The second-order valence-electron chi connectivity index (χ2n) is 4.38. The summed E-state index contributed by atoms with van der Waals surface area (Å²) in [6.45, 7) is -0.312. The molecule has 10 heteroatoms. The van der Waals surface area contributed by atoms with E-state index in [1.807, 2.05) is 0 Å². The fraction of sp³-hybridized carbons (Fsp3) is 0.500. The highest BCUT2D eigenvalue weighted by molar-refractivity contribution is 8.00. The summed E-state index contributed by atoms with van der Waals surface area (Å²) in [6, 6.07) is 0. The molecule has 1 fully saturated rings. The Bertz CT molecular complexity index is 656. The number of rotatable bonds is 2.